The summed E-state index contributed by atoms with van der Waals surface area (Å²) in [4.78, 5) is 0. The summed E-state index contributed by atoms with van der Waals surface area (Å²) in [5.41, 5.74) is 0.942. The first-order valence-electron chi connectivity index (χ1n) is 3.92. The van der Waals surface area contributed by atoms with Gasteiger partial charge in [0.05, 0.1) is 12.8 Å². The lowest BCUT2D eigenvalue weighted by molar-refractivity contribution is 0.383. The zero-order valence-corrected chi connectivity index (χ0v) is 7.21. The summed E-state index contributed by atoms with van der Waals surface area (Å²) in [5, 5.41) is 7.66. The molecule has 0 fully saturated rings. The van der Waals surface area contributed by atoms with E-state index in [0.717, 1.165) is 5.69 Å². The van der Waals surface area contributed by atoms with E-state index in [4.69, 9.17) is 4.74 Å². The van der Waals surface area contributed by atoms with Crippen molar-refractivity contribution in [3.63, 3.8) is 0 Å². The van der Waals surface area contributed by atoms with Crippen LogP contribution < -0.4 is 4.74 Å². The van der Waals surface area contributed by atoms with Crippen LogP contribution in [0.15, 0.2) is 36.5 Å². The molecule has 0 radical (unpaired) electrons. The van der Waals surface area contributed by atoms with Gasteiger partial charge in [0.15, 0.2) is 0 Å². The number of hydrogen-bond donors (Lipinski definition) is 0. The molecule has 66 valence electrons. The van der Waals surface area contributed by atoms with E-state index in [1.807, 2.05) is 30.3 Å². The predicted molar refractivity (Wildman–Crippen MR) is 47.9 cm³/mol. The Labute approximate surface area is 75.8 Å². The highest BCUT2D eigenvalue weighted by molar-refractivity contribution is 5.32. The van der Waals surface area contributed by atoms with Crippen molar-refractivity contribution in [2.45, 2.75) is 0 Å². The molecule has 4 heteroatoms. The second-order valence-electron chi connectivity index (χ2n) is 2.52. The molecule has 0 bridgehead atoms. The number of benzene rings is 1. The number of methoxy groups -OCH3 is 1. The van der Waals surface area contributed by atoms with Crippen LogP contribution in [-0.4, -0.2) is 22.1 Å². The molecule has 0 aliphatic heterocycles. The monoisotopic (exact) mass is 175 g/mol. The fourth-order valence-electron chi connectivity index (χ4n) is 1.11. The molecule has 1 heterocycles. The minimum Gasteiger partial charge on any atom is -0.480 e. The van der Waals surface area contributed by atoms with E-state index < -0.39 is 0 Å². The Morgan fingerprint density at radius 2 is 2.00 bits per heavy atom. The van der Waals surface area contributed by atoms with Gasteiger partial charge in [0.1, 0.15) is 6.20 Å². The summed E-state index contributed by atoms with van der Waals surface area (Å²) >= 11 is 0. The van der Waals surface area contributed by atoms with Crippen molar-refractivity contribution < 1.29 is 4.74 Å². The van der Waals surface area contributed by atoms with Gasteiger partial charge in [-0.15, -0.1) is 5.10 Å². The molecule has 1 aromatic carbocycles. The van der Waals surface area contributed by atoms with Crippen molar-refractivity contribution in [3.05, 3.63) is 36.5 Å². The van der Waals surface area contributed by atoms with Crippen molar-refractivity contribution in [2.24, 2.45) is 0 Å². The van der Waals surface area contributed by atoms with Gasteiger partial charge in [0.2, 0.25) is 5.88 Å². The first kappa shape index (κ1) is 7.79. The van der Waals surface area contributed by atoms with Gasteiger partial charge in [-0.25, -0.2) is 0 Å². The largest absolute Gasteiger partial charge is 0.480 e. The molecule has 13 heavy (non-hydrogen) atoms. The summed E-state index contributed by atoms with van der Waals surface area (Å²) in [6, 6.07) is 9.72. The van der Waals surface area contributed by atoms with Crippen LogP contribution in [0, 0.1) is 0 Å². The van der Waals surface area contributed by atoms with Crippen LogP contribution in [0.2, 0.25) is 0 Å². The minimum absolute atomic E-state index is 0.631. The Balaban J connectivity index is 2.47. The maximum Gasteiger partial charge on any atom is 0.237 e. The zero-order chi connectivity index (χ0) is 9.10. The maximum absolute atomic E-state index is 5.08. The van der Waals surface area contributed by atoms with E-state index in [2.05, 4.69) is 10.3 Å². The lowest BCUT2D eigenvalue weighted by Gasteiger charge is -2.02. The van der Waals surface area contributed by atoms with Gasteiger partial charge in [0.25, 0.3) is 0 Å². The van der Waals surface area contributed by atoms with E-state index in [1.54, 1.807) is 18.0 Å². The average Bonchev–Trinajstić information content (AvgIpc) is 2.67. The number of nitrogens with zero attached hydrogens (tertiary/aromatic N) is 3. The highest BCUT2D eigenvalue weighted by atomic mass is 16.5. The highest BCUT2D eigenvalue weighted by Gasteiger charge is 2.03. The summed E-state index contributed by atoms with van der Waals surface area (Å²) in [6.07, 6.45) is 1.58. The SMILES string of the molecule is COc1cnnn1-c1ccccc1. The molecular formula is C9H9N3O. The predicted octanol–water partition coefficient (Wildman–Crippen LogP) is 1.28. The van der Waals surface area contributed by atoms with E-state index in [9.17, 15) is 0 Å². The van der Waals surface area contributed by atoms with Crippen molar-refractivity contribution >= 4 is 0 Å². The summed E-state index contributed by atoms with van der Waals surface area (Å²) in [7, 11) is 1.60. The third-order valence-corrected chi connectivity index (χ3v) is 1.73. The fourth-order valence-corrected chi connectivity index (χ4v) is 1.11. The molecule has 0 saturated heterocycles. The molecule has 0 unspecified atom stereocenters. The van der Waals surface area contributed by atoms with E-state index >= 15 is 0 Å². The molecule has 0 saturated carbocycles. The smallest absolute Gasteiger partial charge is 0.237 e. The second-order valence-corrected chi connectivity index (χ2v) is 2.52. The fraction of sp³-hybridized carbons (Fsp3) is 0.111. The van der Waals surface area contributed by atoms with Crippen LogP contribution in [0.3, 0.4) is 0 Å². The summed E-state index contributed by atoms with van der Waals surface area (Å²) in [6.45, 7) is 0. The lowest BCUT2D eigenvalue weighted by Crippen LogP contribution is -1.99. The summed E-state index contributed by atoms with van der Waals surface area (Å²) < 4.78 is 6.72. The first-order chi connectivity index (χ1) is 6.42. The van der Waals surface area contributed by atoms with Gasteiger partial charge < -0.3 is 4.74 Å². The summed E-state index contributed by atoms with van der Waals surface area (Å²) in [5.74, 6) is 0.631. The zero-order valence-electron chi connectivity index (χ0n) is 7.21. The van der Waals surface area contributed by atoms with Gasteiger partial charge in [-0.3, -0.25) is 0 Å². The number of ether oxygens (including phenoxy) is 1. The molecule has 0 aliphatic carbocycles. The Morgan fingerprint density at radius 1 is 1.23 bits per heavy atom. The van der Waals surface area contributed by atoms with Gasteiger partial charge in [-0.05, 0) is 12.1 Å². The Bertz CT molecular complexity index is 383. The molecule has 4 nitrogen and oxygen atoms in total. The van der Waals surface area contributed by atoms with Crippen molar-refractivity contribution in [1.29, 1.82) is 0 Å². The van der Waals surface area contributed by atoms with Crippen LogP contribution in [0.25, 0.3) is 5.69 Å². The minimum atomic E-state index is 0.631. The van der Waals surface area contributed by atoms with Gasteiger partial charge in [-0.2, -0.15) is 4.68 Å². The van der Waals surface area contributed by atoms with E-state index in [-0.39, 0.29) is 0 Å². The topological polar surface area (TPSA) is 39.9 Å². The first-order valence-corrected chi connectivity index (χ1v) is 3.92. The number of rotatable bonds is 2. The number of para-hydroxylation sites is 1. The maximum atomic E-state index is 5.08. The molecule has 1 aromatic heterocycles. The van der Waals surface area contributed by atoms with Crippen molar-refractivity contribution in [2.75, 3.05) is 7.11 Å². The molecule has 2 aromatic rings. The van der Waals surface area contributed by atoms with Crippen molar-refractivity contribution in [1.82, 2.24) is 15.0 Å². The Hall–Kier alpha value is -1.84. The average molecular weight is 175 g/mol. The van der Waals surface area contributed by atoms with Crippen LogP contribution in [0.5, 0.6) is 5.88 Å². The molecule has 0 aliphatic rings. The van der Waals surface area contributed by atoms with Crippen LogP contribution in [0.1, 0.15) is 0 Å². The Morgan fingerprint density at radius 3 is 2.69 bits per heavy atom. The van der Waals surface area contributed by atoms with Crippen LogP contribution >= 0.6 is 0 Å². The standard InChI is InChI=1S/C9H9N3O/c1-13-9-7-10-11-12(9)8-5-3-2-4-6-8/h2-7H,1H3. The lowest BCUT2D eigenvalue weighted by atomic mass is 10.3. The van der Waals surface area contributed by atoms with E-state index in [0.29, 0.717) is 5.88 Å². The van der Waals surface area contributed by atoms with Crippen molar-refractivity contribution in [3.8, 4) is 11.6 Å². The third kappa shape index (κ3) is 1.38. The molecule has 0 atom stereocenters. The normalized spacial score (nSPS) is 9.92. The van der Waals surface area contributed by atoms with Gasteiger partial charge >= 0.3 is 0 Å². The Kier molecular flexibility index (Phi) is 1.96. The third-order valence-electron chi connectivity index (χ3n) is 1.73. The number of aromatic nitrogens is 3. The molecular weight excluding hydrogens is 166 g/mol. The molecule has 0 amide bonds. The van der Waals surface area contributed by atoms with E-state index in [1.165, 1.54) is 0 Å². The van der Waals surface area contributed by atoms with Crippen LogP contribution in [0.4, 0.5) is 0 Å². The van der Waals surface area contributed by atoms with Crippen LogP contribution in [-0.2, 0) is 0 Å². The van der Waals surface area contributed by atoms with Gasteiger partial charge in [0, 0.05) is 0 Å². The van der Waals surface area contributed by atoms with Gasteiger partial charge in [-0.1, -0.05) is 23.4 Å². The second kappa shape index (κ2) is 3.26. The number of hydrogen-bond acceptors (Lipinski definition) is 3. The quantitative estimate of drug-likeness (QED) is 0.690. The molecule has 0 N–H and O–H groups in total. The highest BCUT2D eigenvalue weighted by Crippen LogP contribution is 2.13. The molecule has 0 spiro atoms. The molecule has 2 rings (SSSR count).